The van der Waals surface area contributed by atoms with E-state index >= 15 is 0 Å². The molecule has 0 N–H and O–H groups in total. The van der Waals surface area contributed by atoms with E-state index in [1.165, 1.54) is 63.8 Å². The van der Waals surface area contributed by atoms with Crippen molar-refractivity contribution in [2.75, 3.05) is 6.61 Å². The molecule has 0 saturated carbocycles. The third kappa shape index (κ3) is 9.95. The highest BCUT2D eigenvalue weighted by Gasteiger charge is 2.17. The summed E-state index contributed by atoms with van der Waals surface area (Å²) in [6.45, 7) is 4.85. The summed E-state index contributed by atoms with van der Waals surface area (Å²) in [6.07, 6.45) is 16.2. The number of rotatable bonds is 16. The Balaban J connectivity index is 1.61. The molecule has 0 spiro atoms. The number of benzene rings is 1. The first-order valence-electron chi connectivity index (χ1n) is 11.9. The Morgan fingerprint density at radius 2 is 1.42 bits per heavy atom. The first-order valence-corrected chi connectivity index (χ1v) is 11.9. The quantitative estimate of drug-likeness (QED) is 0.212. The summed E-state index contributed by atoms with van der Waals surface area (Å²) in [7, 11) is 0. The van der Waals surface area contributed by atoms with E-state index in [0.29, 0.717) is 24.6 Å². The lowest BCUT2D eigenvalue weighted by Crippen LogP contribution is -2.12. The molecule has 0 radical (unpaired) electrons. The van der Waals surface area contributed by atoms with Gasteiger partial charge in [0.05, 0.1) is 12.2 Å². The molecule has 0 fully saturated rings. The van der Waals surface area contributed by atoms with E-state index in [1.54, 1.807) is 0 Å². The molecule has 0 saturated heterocycles. The van der Waals surface area contributed by atoms with Gasteiger partial charge in [0.15, 0.2) is 0 Å². The number of aromatic nitrogens is 2. The van der Waals surface area contributed by atoms with Gasteiger partial charge < -0.3 is 9.47 Å². The smallest absolute Gasteiger partial charge is 0.341 e. The lowest BCUT2D eigenvalue weighted by atomic mass is 10.1. The summed E-state index contributed by atoms with van der Waals surface area (Å²) >= 11 is 0. The van der Waals surface area contributed by atoms with E-state index in [2.05, 4.69) is 16.9 Å². The number of hydrogen-bond acceptors (Lipinski definition) is 5. The van der Waals surface area contributed by atoms with Crippen molar-refractivity contribution in [1.82, 2.24) is 9.97 Å². The fourth-order valence-corrected chi connectivity index (χ4v) is 3.50. The van der Waals surface area contributed by atoms with E-state index in [4.69, 9.17) is 9.47 Å². The Bertz CT molecular complexity index is 719. The molecule has 1 atom stereocenters. The van der Waals surface area contributed by atoms with Crippen molar-refractivity contribution < 1.29 is 14.3 Å². The van der Waals surface area contributed by atoms with E-state index in [1.807, 2.05) is 37.3 Å². The highest BCUT2D eigenvalue weighted by Crippen LogP contribution is 2.22. The number of carbonyl (C=O) groups is 1. The minimum absolute atomic E-state index is 0.277. The summed E-state index contributed by atoms with van der Waals surface area (Å²) in [4.78, 5) is 20.7. The molecule has 5 nitrogen and oxygen atoms in total. The fourth-order valence-electron chi connectivity index (χ4n) is 3.50. The van der Waals surface area contributed by atoms with Gasteiger partial charge in [-0.1, -0.05) is 102 Å². The van der Waals surface area contributed by atoms with Crippen LogP contribution in [-0.2, 0) is 4.74 Å². The Hall–Kier alpha value is -2.43. The van der Waals surface area contributed by atoms with Gasteiger partial charge in [0.1, 0.15) is 6.10 Å². The van der Waals surface area contributed by atoms with Crippen molar-refractivity contribution in [1.29, 1.82) is 0 Å². The number of esters is 1. The van der Waals surface area contributed by atoms with Gasteiger partial charge in [-0.05, 0) is 18.4 Å². The second-order valence-electron chi connectivity index (χ2n) is 8.00. The van der Waals surface area contributed by atoms with E-state index in [0.717, 1.165) is 18.4 Å². The molecule has 1 unspecified atom stereocenters. The molecule has 1 aromatic carbocycles. The minimum atomic E-state index is -0.419. The molecule has 170 valence electrons. The van der Waals surface area contributed by atoms with Gasteiger partial charge >= 0.3 is 12.0 Å². The maximum absolute atomic E-state index is 12.4. The van der Waals surface area contributed by atoms with Gasteiger partial charge in [-0.3, -0.25) is 0 Å². The summed E-state index contributed by atoms with van der Waals surface area (Å²) < 4.78 is 11.2. The molecule has 2 aromatic rings. The van der Waals surface area contributed by atoms with Crippen molar-refractivity contribution in [3.63, 3.8) is 0 Å². The molecular weight excluding hydrogens is 388 g/mol. The van der Waals surface area contributed by atoms with Crippen LogP contribution in [0.1, 0.15) is 107 Å². The second kappa shape index (κ2) is 15.4. The van der Waals surface area contributed by atoms with Crippen LogP contribution in [0.4, 0.5) is 0 Å². The Kier molecular flexibility index (Phi) is 12.3. The van der Waals surface area contributed by atoms with Crippen LogP contribution >= 0.6 is 0 Å². The normalized spacial score (nSPS) is 11.8. The van der Waals surface area contributed by atoms with Gasteiger partial charge in [0, 0.05) is 12.4 Å². The molecule has 5 heteroatoms. The number of hydrogen-bond donors (Lipinski definition) is 0. The van der Waals surface area contributed by atoms with Crippen molar-refractivity contribution in [3.8, 4) is 6.01 Å². The maximum atomic E-state index is 12.4. The largest absolute Gasteiger partial charge is 0.463 e. The van der Waals surface area contributed by atoms with E-state index < -0.39 is 5.97 Å². The van der Waals surface area contributed by atoms with Crippen molar-refractivity contribution in [3.05, 3.63) is 53.9 Å². The molecule has 2 rings (SSSR count). The number of unbranched alkanes of at least 4 members (excludes halogenated alkanes) is 9. The van der Waals surface area contributed by atoms with Crippen LogP contribution in [0.5, 0.6) is 6.01 Å². The molecule has 0 amide bonds. The number of nitrogens with zero attached hydrogens (tertiary/aromatic N) is 2. The minimum Gasteiger partial charge on any atom is -0.463 e. The van der Waals surface area contributed by atoms with Gasteiger partial charge in [0.25, 0.3) is 0 Å². The molecule has 0 bridgehead atoms. The van der Waals surface area contributed by atoms with Crippen LogP contribution in [0.25, 0.3) is 0 Å². The van der Waals surface area contributed by atoms with Gasteiger partial charge in [-0.15, -0.1) is 0 Å². The van der Waals surface area contributed by atoms with Crippen LogP contribution in [0.15, 0.2) is 42.7 Å². The van der Waals surface area contributed by atoms with E-state index in [-0.39, 0.29) is 6.10 Å². The third-order valence-electron chi connectivity index (χ3n) is 5.38. The summed E-state index contributed by atoms with van der Waals surface area (Å²) in [6, 6.07) is 10.1. The van der Waals surface area contributed by atoms with Gasteiger partial charge in [-0.2, -0.15) is 0 Å². The summed E-state index contributed by atoms with van der Waals surface area (Å²) in [5.41, 5.74) is 1.32. The van der Waals surface area contributed by atoms with Crippen LogP contribution in [0.3, 0.4) is 0 Å². The first-order chi connectivity index (χ1) is 15.2. The lowest BCUT2D eigenvalue weighted by molar-refractivity contribution is 0.0286. The van der Waals surface area contributed by atoms with Crippen molar-refractivity contribution >= 4 is 5.97 Å². The Morgan fingerprint density at radius 1 is 0.839 bits per heavy atom. The van der Waals surface area contributed by atoms with Gasteiger partial charge in [-0.25, -0.2) is 14.8 Å². The molecule has 0 aliphatic heterocycles. The third-order valence-corrected chi connectivity index (χ3v) is 5.38. The average molecular weight is 427 g/mol. The highest BCUT2D eigenvalue weighted by molar-refractivity contribution is 5.88. The topological polar surface area (TPSA) is 61.3 Å². The molecular formula is C26H38N2O3. The number of carbonyl (C=O) groups excluding carboxylic acids is 1. The zero-order valence-electron chi connectivity index (χ0n) is 19.2. The van der Waals surface area contributed by atoms with Crippen molar-refractivity contribution in [2.24, 2.45) is 0 Å². The van der Waals surface area contributed by atoms with Crippen LogP contribution in [0, 0.1) is 0 Å². The first kappa shape index (κ1) is 24.8. The van der Waals surface area contributed by atoms with Crippen LogP contribution < -0.4 is 4.74 Å². The monoisotopic (exact) mass is 426 g/mol. The lowest BCUT2D eigenvalue weighted by Gasteiger charge is -2.16. The fraction of sp³-hybridized carbons (Fsp3) is 0.577. The predicted octanol–water partition coefficient (Wildman–Crippen LogP) is 7.08. The zero-order chi connectivity index (χ0) is 22.2. The molecule has 0 aliphatic rings. The zero-order valence-corrected chi connectivity index (χ0v) is 19.2. The van der Waals surface area contributed by atoms with E-state index in [9.17, 15) is 4.79 Å². The van der Waals surface area contributed by atoms with Gasteiger partial charge in [0.2, 0.25) is 0 Å². The molecule has 31 heavy (non-hydrogen) atoms. The van der Waals surface area contributed by atoms with Crippen LogP contribution in [0.2, 0.25) is 0 Å². The Morgan fingerprint density at radius 3 is 2.00 bits per heavy atom. The standard InChI is InChI=1S/C26H38N2O3/c1-3-5-6-7-8-9-10-11-12-16-19-30-26-27-20-23(21-28-26)25(29)31-24(4-2)22-17-14-13-15-18-22/h13-15,17-18,20-21,24H,3-12,16,19H2,1-2H3. The SMILES string of the molecule is CCCCCCCCCCCCOc1ncc(C(=O)OC(CC)c2ccccc2)cn1. The maximum Gasteiger partial charge on any atom is 0.341 e. The second-order valence-corrected chi connectivity index (χ2v) is 8.00. The predicted molar refractivity (Wildman–Crippen MR) is 124 cm³/mol. The van der Waals surface area contributed by atoms with Crippen molar-refractivity contribution in [2.45, 2.75) is 90.6 Å². The Labute approximate surface area is 187 Å². The highest BCUT2D eigenvalue weighted by atomic mass is 16.5. The average Bonchev–Trinajstić information content (AvgIpc) is 2.81. The van der Waals surface area contributed by atoms with Crippen LogP contribution in [-0.4, -0.2) is 22.5 Å². The molecule has 1 aromatic heterocycles. The summed E-state index contributed by atoms with van der Waals surface area (Å²) in [5.74, 6) is -0.419. The summed E-state index contributed by atoms with van der Waals surface area (Å²) in [5, 5.41) is 0. The number of ether oxygens (including phenoxy) is 2. The molecule has 0 aliphatic carbocycles. The molecule has 1 heterocycles.